The van der Waals surface area contributed by atoms with Crippen molar-refractivity contribution in [3.05, 3.63) is 0 Å². The van der Waals surface area contributed by atoms with Gasteiger partial charge in [-0.3, -0.25) is 8.83 Å². The average molecular weight is 326 g/mol. The summed E-state index contributed by atoms with van der Waals surface area (Å²) < 4.78 is 20.0. The van der Waals surface area contributed by atoms with Crippen molar-refractivity contribution in [2.75, 3.05) is 6.61 Å². The van der Waals surface area contributed by atoms with Crippen molar-refractivity contribution in [1.82, 2.24) is 0 Å². The van der Waals surface area contributed by atoms with Gasteiger partial charge in [0.25, 0.3) is 0 Å². The molecule has 1 N–H and O–H groups in total. The maximum atomic E-state index is 11.0. The van der Waals surface area contributed by atoms with Crippen LogP contribution < -0.4 is 0 Å². The molecule has 0 spiro atoms. The first-order valence-corrected chi connectivity index (χ1v) is 9.95. The van der Waals surface area contributed by atoms with E-state index in [1.54, 1.807) is 9.47 Å². The SMILES string of the molecule is CCCCCCCCCCCCCCOP(=O)(O)OP. The first kappa shape index (κ1) is 20.5. The molecule has 0 heterocycles. The van der Waals surface area contributed by atoms with Crippen LogP contribution in [0.2, 0.25) is 0 Å². The maximum absolute atomic E-state index is 11.0. The second-order valence-electron chi connectivity index (χ2n) is 5.30. The summed E-state index contributed by atoms with van der Waals surface area (Å²) in [6.07, 6.45) is 15.2. The highest BCUT2D eigenvalue weighted by Gasteiger charge is 2.17. The van der Waals surface area contributed by atoms with E-state index in [9.17, 15) is 4.57 Å². The van der Waals surface area contributed by atoms with Crippen LogP contribution in [-0.4, -0.2) is 11.5 Å². The van der Waals surface area contributed by atoms with Gasteiger partial charge in [-0.05, 0) is 6.42 Å². The molecule has 4 nitrogen and oxygen atoms in total. The molecule has 0 amide bonds. The topological polar surface area (TPSA) is 55.8 Å². The van der Waals surface area contributed by atoms with E-state index in [2.05, 4.69) is 11.2 Å². The second kappa shape index (κ2) is 14.5. The van der Waals surface area contributed by atoms with Crippen molar-refractivity contribution < 1.29 is 18.3 Å². The van der Waals surface area contributed by atoms with Gasteiger partial charge >= 0.3 is 7.82 Å². The van der Waals surface area contributed by atoms with Gasteiger partial charge in [-0.15, -0.1) is 0 Å². The summed E-state index contributed by atoms with van der Waals surface area (Å²) >= 11 is 0. The third kappa shape index (κ3) is 14.9. The van der Waals surface area contributed by atoms with E-state index >= 15 is 0 Å². The van der Waals surface area contributed by atoms with Crippen molar-refractivity contribution in [3.63, 3.8) is 0 Å². The van der Waals surface area contributed by atoms with Crippen molar-refractivity contribution in [1.29, 1.82) is 0 Å². The lowest BCUT2D eigenvalue weighted by atomic mass is 10.1. The number of hydrogen-bond donors (Lipinski definition) is 1. The fraction of sp³-hybridized carbons (Fsp3) is 1.00. The molecule has 0 radical (unpaired) electrons. The van der Waals surface area contributed by atoms with Crippen LogP contribution >= 0.6 is 17.3 Å². The smallest absolute Gasteiger partial charge is 0.302 e. The van der Waals surface area contributed by atoms with Crippen LogP contribution in [0.1, 0.15) is 84.0 Å². The fourth-order valence-electron chi connectivity index (χ4n) is 2.15. The molecule has 0 bridgehead atoms. The van der Waals surface area contributed by atoms with Crippen LogP contribution in [-0.2, 0) is 13.4 Å². The monoisotopic (exact) mass is 326 g/mol. The lowest BCUT2D eigenvalue weighted by Gasteiger charge is -2.08. The Bertz CT molecular complexity index is 249. The van der Waals surface area contributed by atoms with Crippen molar-refractivity contribution in [2.45, 2.75) is 84.0 Å². The van der Waals surface area contributed by atoms with Crippen LogP contribution in [0, 0.1) is 0 Å². The molecule has 0 rings (SSSR count). The predicted octanol–water partition coefficient (Wildman–Crippen LogP) is 5.61. The van der Waals surface area contributed by atoms with Crippen LogP contribution in [0.4, 0.5) is 0 Å². The summed E-state index contributed by atoms with van der Waals surface area (Å²) in [5, 5.41) is 0. The molecule has 0 fully saturated rings. The summed E-state index contributed by atoms with van der Waals surface area (Å²) in [6, 6.07) is 0. The Kier molecular flexibility index (Phi) is 14.9. The predicted molar refractivity (Wildman–Crippen MR) is 87.7 cm³/mol. The van der Waals surface area contributed by atoms with Crippen LogP contribution in [0.25, 0.3) is 0 Å². The zero-order valence-electron chi connectivity index (χ0n) is 12.9. The van der Waals surface area contributed by atoms with Gasteiger partial charge in [-0.25, -0.2) is 4.57 Å². The third-order valence-electron chi connectivity index (χ3n) is 3.39. The molecule has 0 aromatic heterocycles. The van der Waals surface area contributed by atoms with Gasteiger partial charge in [-0.1, -0.05) is 77.6 Å². The number of phosphoric acid groups is 1. The van der Waals surface area contributed by atoms with E-state index in [4.69, 9.17) is 9.42 Å². The Labute approximate surface area is 126 Å². The van der Waals surface area contributed by atoms with Crippen LogP contribution in [0.15, 0.2) is 0 Å². The second-order valence-corrected chi connectivity index (χ2v) is 7.33. The average Bonchev–Trinajstić information content (AvgIpc) is 2.44. The maximum Gasteiger partial charge on any atom is 0.474 e. The van der Waals surface area contributed by atoms with E-state index in [0.717, 1.165) is 12.8 Å². The van der Waals surface area contributed by atoms with Gasteiger partial charge in [0.05, 0.1) is 6.61 Å². The molecular formula is C14H32O4P2. The summed E-state index contributed by atoms with van der Waals surface area (Å²) in [6.45, 7) is 2.54. The lowest BCUT2D eigenvalue weighted by Crippen LogP contribution is -1.93. The van der Waals surface area contributed by atoms with Gasteiger partial charge in [0.2, 0.25) is 0 Å². The van der Waals surface area contributed by atoms with Crippen molar-refractivity contribution in [2.24, 2.45) is 0 Å². The standard InChI is InChI=1S/C14H32O4P2/c1-2-3-4-5-6-7-8-9-10-11-12-13-14-17-20(15,16)18-19/h2-14,19H2,1H3,(H,15,16). The number of phosphoric ester groups is 1. The molecular weight excluding hydrogens is 294 g/mol. The van der Waals surface area contributed by atoms with Crippen LogP contribution in [0.5, 0.6) is 0 Å². The Morgan fingerprint density at radius 1 is 0.850 bits per heavy atom. The zero-order chi connectivity index (χ0) is 15.1. The summed E-state index contributed by atoms with van der Waals surface area (Å²) in [7, 11) is -2.04. The Hall–Kier alpha value is 0.540. The molecule has 2 atom stereocenters. The molecule has 6 heteroatoms. The van der Waals surface area contributed by atoms with E-state index in [1.807, 2.05) is 0 Å². The quantitative estimate of drug-likeness (QED) is 0.314. The Morgan fingerprint density at radius 3 is 1.65 bits per heavy atom. The summed E-state index contributed by atoms with van der Waals surface area (Å²) in [5.74, 6) is 0. The third-order valence-corrected chi connectivity index (χ3v) is 4.96. The lowest BCUT2D eigenvalue weighted by molar-refractivity contribution is 0.207. The van der Waals surface area contributed by atoms with Gasteiger partial charge in [-0.2, -0.15) is 0 Å². The molecule has 0 saturated carbocycles. The minimum Gasteiger partial charge on any atom is -0.302 e. The van der Waals surface area contributed by atoms with E-state index in [-0.39, 0.29) is 0 Å². The minimum absolute atomic E-state index is 0.291. The molecule has 0 aromatic rings. The molecule has 0 saturated heterocycles. The molecule has 0 aromatic carbocycles. The molecule has 20 heavy (non-hydrogen) atoms. The van der Waals surface area contributed by atoms with Crippen LogP contribution in [0.3, 0.4) is 0 Å². The highest BCUT2D eigenvalue weighted by Crippen LogP contribution is 2.45. The van der Waals surface area contributed by atoms with E-state index < -0.39 is 7.82 Å². The van der Waals surface area contributed by atoms with Crippen molar-refractivity contribution in [3.8, 4) is 0 Å². The fourth-order valence-corrected chi connectivity index (χ4v) is 2.76. The van der Waals surface area contributed by atoms with E-state index in [1.165, 1.54) is 64.2 Å². The van der Waals surface area contributed by atoms with Gasteiger partial charge in [0, 0.05) is 9.47 Å². The van der Waals surface area contributed by atoms with Crippen molar-refractivity contribution >= 4 is 17.3 Å². The number of hydrogen-bond acceptors (Lipinski definition) is 3. The van der Waals surface area contributed by atoms with Gasteiger partial charge in [0.15, 0.2) is 0 Å². The van der Waals surface area contributed by atoms with Gasteiger partial charge in [0.1, 0.15) is 0 Å². The highest BCUT2D eigenvalue weighted by atomic mass is 31.2. The zero-order valence-corrected chi connectivity index (χ0v) is 14.9. The Morgan fingerprint density at radius 2 is 1.25 bits per heavy atom. The molecule has 0 aliphatic rings. The molecule has 2 unspecified atom stereocenters. The minimum atomic E-state index is -3.79. The molecule has 122 valence electrons. The molecule has 0 aliphatic heterocycles. The largest absolute Gasteiger partial charge is 0.474 e. The highest BCUT2D eigenvalue weighted by molar-refractivity contribution is 7.52. The summed E-state index contributed by atoms with van der Waals surface area (Å²) in [4.78, 5) is 8.99. The number of unbranched alkanes of at least 4 members (excludes halogenated alkanes) is 11. The van der Waals surface area contributed by atoms with E-state index in [0.29, 0.717) is 6.61 Å². The number of rotatable bonds is 15. The first-order chi connectivity index (χ1) is 9.62. The first-order valence-electron chi connectivity index (χ1n) is 7.98. The van der Waals surface area contributed by atoms with Gasteiger partial charge < -0.3 is 4.89 Å². The molecule has 0 aliphatic carbocycles. The summed E-state index contributed by atoms with van der Waals surface area (Å²) in [5.41, 5.74) is 0. The normalized spacial score (nSPS) is 14.3. The Balaban J connectivity index is 3.08.